The third-order valence-corrected chi connectivity index (χ3v) is 9.26. The van der Waals surface area contributed by atoms with E-state index in [1.165, 1.54) is 16.2 Å². The third-order valence-electron chi connectivity index (χ3n) is 8.28. The summed E-state index contributed by atoms with van der Waals surface area (Å²) in [6, 6.07) is 5.84. The molecule has 11 nitrogen and oxygen atoms in total. The van der Waals surface area contributed by atoms with Crippen LogP contribution in [-0.2, 0) is 20.9 Å². The van der Waals surface area contributed by atoms with Crippen molar-refractivity contribution in [3.8, 4) is 22.3 Å². The summed E-state index contributed by atoms with van der Waals surface area (Å²) in [5, 5.41) is 35.2. The maximum Gasteiger partial charge on any atom is 0.246 e. The zero-order valence-electron chi connectivity index (χ0n) is 26.3. The van der Waals surface area contributed by atoms with E-state index in [0.29, 0.717) is 30.6 Å². The van der Waals surface area contributed by atoms with E-state index in [1.807, 2.05) is 39.0 Å². The van der Waals surface area contributed by atoms with Crippen LogP contribution in [-0.4, -0.2) is 74.8 Å². The van der Waals surface area contributed by atoms with Crippen LogP contribution in [0.5, 0.6) is 5.75 Å². The molecule has 0 radical (unpaired) electrons. The number of ether oxygens (including phenoxy) is 1. The molecule has 12 heteroatoms. The number of amides is 3. The van der Waals surface area contributed by atoms with E-state index in [-0.39, 0.29) is 26.1 Å². The number of likely N-dealkylation sites (tertiary alicyclic amines) is 1. The number of hydrogen-bond acceptors (Lipinski definition) is 9. The number of carbonyl (C=O) groups excluding carboxylic acids is 3. The van der Waals surface area contributed by atoms with E-state index in [1.54, 1.807) is 26.3 Å². The minimum atomic E-state index is -1.11. The van der Waals surface area contributed by atoms with Gasteiger partial charge in [0.1, 0.15) is 28.8 Å². The lowest BCUT2D eigenvalue weighted by Crippen LogP contribution is -2.58. The monoisotopic (exact) mass is 625 g/mol. The number of aliphatic hydroxyl groups is 2. The van der Waals surface area contributed by atoms with Crippen molar-refractivity contribution in [2.24, 2.45) is 10.8 Å². The van der Waals surface area contributed by atoms with Crippen LogP contribution in [0, 0.1) is 29.1 Å². The van der Waals surface area contributed by atoms with Crippen molar-refractivity contribution < 1.29 is 29.3 Å². The quantitative estimate of drug-likeness (QED) is 0.296. The Morgan fingerprint density at radius 1 is 1.25 bits per heavy atom. The Balaban J connectivity index is 1.53. The van der Waals surface area contributed by atoms with Gasteiger partial charge in [0.05, 0.1) is 28.3 Å². The summed E-state index contributed by atoms with van der Waals surface area (Å²) >= 11 is 1.52. The van der Waals surface area contributed by atoms with Crippen molar-refractivity contribution >= 4 is 29.1 Å². The van der Waals surface area contributed by atoms with Crippen molar-refractivity contribution in [3.63, 3.8) is 0 Å². The van der Waals surface area contributed by atoms with Crippen LogP contribution in [0.3, 0.4) is 0 Å². The number of carbonyl (C=O) groups is 3. The Morgan fingerprint density at radius 2 is 1.95 bits per heavy atom. The Bertz CT molecular complexity index is 1440. The SMILES string of the molecule is Cc1ncsc1-c1ccc(CNC(=O)[C@@H]2C[C@@H](O)CN2C(=O)C(NC(=O)C2(C#N)CC2)C(C)(C)C)c(OC(C)(C)CCO)c1. The van der Waals surface area contributed by atoms with Gasteiger partial charge in [0.25, 0.3) is 0 Å². The summed E-state index contributed by atoms with van der Waals surface area (Å²) in [6.07, 6.45) is 0.449. The molecule has 3 atom stereocenters. The van der Waals surface area contributed by atoms with Gasteiger partial charge in [-0.3, -0.25) is 14.4 Å². The molecule has 238 valence electrons. The third kappa shape index (κ3) is 7.39. The van der Waals surface area contributed by atoms with Gasteiger partial charge < -0.3 is 30.5 Å². The van der Waals surface area contributed by atoms with Gasteiger partial charge >= 0.3 is 0 Å². The molecule has 1 saturated carbocycles. The van der Waals surface area contributed by atoms with Crippen LogP contribution in [0.2, 0.25) is 0 Å². The van der Waals surface area contributed by atoms with Crippen LogP contribution in [0.1, 0.15) is 71.6 Å². The van der Waals surface area contributed by atoms with Crippen LogP contribution < -0.4 is 15.4 Å². The fourth-order valence-corrected chi connectivity index (χ4v) is 6.14. The summed E-state index contributed by atoms with van der Waals surface area (Å²) in [4.78, 5) is 47.0. The molecule has 44 heavy (non-hydrogen) atoms. The number of hydrogen-bond donors (Lipinski definition) is 4. The molecule has 1 aliphatic carbocycles. The maximum absolute atomic E-state index is 13.8. The van der Waals surface area contributed by atoms with Crippen LogP contribution in [0.25, 0.3) is 10.4 Å². The summed E-state index contributed by atoms with van der Waals surface area (Å²) in [5.41, 5.74) is 1.81. The number of aryl methyl sites for hydroxylation is 1. The van der Waals surface area contributed by atoms with Crippen molar-refractivity contribution in [1.82, 2.24) is 20.5 Å². The summed E-state index contributed by atoms with van der Waals surface area (Å²) in [7, 11) is 0. The number of nitriles is 1. The van der Waals surface area contributed by atoms with Gasteiger partial charge in [-0.1, -0.05) is 32.9 Å². The molecule has 2 aliphatic rings. The molecule has 4 rings (SSSR count). The average molecular weight is 626 g/mol. The molecule has 2 fully saturated rings. The highest BCUT2D eigenvalue weighted by atomic mass is 32.1. The van der Waals surface area contributed by atoms with Crippen molar-refractivity contribution in [2.75, 3.05) is 13.2 Å². The van der Waals surface area contributed by atoms with Crippen molar-refractivity contribution in [2.45, 2.75) is 97.6 Å². The molecule has 0 spiro atoms. The van der Waals surface area contributed by atoms with Gasteiger partial charge in [-0.2, -0.15) is 5.26 Å². The van der Waals surface area contributed by atoms with E-state index in [2.05, 4.69) is 21.7 Å². The standard InChI is InChI=1S/C32H43N5O6S/c1-19-25(44-18-35-19)20-7-8-21(24(13-20)43-31(5,6)11-12-38)15-34-27(40)23-14-22(39)16-37(23)28(41)26(30(2,3)4)36-29(42)32(17-33)9-10-32/h7-8,13,18,22-23,26,38-39H,9-12,14-16H2,1-6H3,(H,34,40)(H,36,42)/t22-,23+,26?/m1/s1. The first kappa shape index (κ1) is 33.4. The minimum absolute atomic E-state index is 0.0463. The Kier molecular flexibility index (Phi) is 9.73. The number of benzene rings is 1. The molecule has 3 amide bonds. The lowest BCUT2D eigenvalue weighted by Gasteiger charge is -2.35. The smallest absolute Gasteiger partial charge is 0.246 e. The molecule has 1 saturated heterocycles. The molecular formula is C32H43N5O6S. The topological polar surface area (TPSA) is 165 Å². The summed E-state index contributed by atoms with van der Waals surface area (Å²) in [6.45, 7) is 11.1. The molecule has 0 bridgehead atoms. The summed E-state index contributed by atoms with van der Waals surface area (Å²) < 4.78 is 6.34. The van der Waals surface area contributed by atoms with Crippen LogP contribution in [0.15, 0.2) is 23.7 Å². The number of rotatable bonds is 11. The molecule has 1 unspecified atom stereocenters. The molecule has 1 aromatic carbocycles. The molecule has 2 aromatic rings. The van der Waals surface area contributed by atoms with Crippen LogP contribution >= 0.6 is 11.3 Å². The zero-order valence-corrected chi connectivity index (χ0v) is 27.1. The first-order valence-corrected chi connectivity index (χ1v) is 15.8. The zero-order chi connectivity index (χ0) is 32.4. The van der Waals surface area contributed by atoms with Crippen molar-refractivity contribution in [1.29, 1.82) is 5.26 Å². The van der Waals surface area contributed by atoms with E-state index < -0.39 is 52.3 Å². The molecule has 4 N–H and O–H groups in total. The fourth-order valence-electron chi connectivity index (χ4n) is 5.34. The first-order chi connectivity index (χ1) is 20.6. The highest BCUT2D eigenvalue weighted by Crippen LogP contribution is 2.45. The van der Waals surface area contributed by atoms with Gasteiger partial charge in [0, 0.05) is 38.1 Å². The largest absolute Gasteiger partial charge is 0.487 e. The number of nitrogens with one attached hydrogen (secondary N) is 2. The van der Waals surface area contributed by atoms with Crippen molar-refractivity contribution in [3.05, 3.63) is 35.0 Å². The molecule has 1 aliphatic heterocycles. The second kappa shape index (κ2) is 12.8. The number of aliphatic hydroxyl groups excluding tert-OH is 2. The van der Waals surface area contributed by atoms with Gasteiger partial charge in [0.15, 0.2) is 0 Å². The van der Waals surface area contributed by atoms with E-state index in [9.17, 15) is 29.9 Å². The summed E-state index contributed by atoms with van der Waals surface area (Å²) in [5.74, 6) is -0.846. The Morgan fingerprint density at radius 3 is 2.52 bits per heavy atom. The highest BCUT2D eigenvalue weighted by Gasteiger charge is 2.53. The second-order valence-electron chi connectivity index (χ2n) is 13.5. The molecule has 1 aromatic heterocycles. The predicted octanol–water partition coefficient (Wildman–Crippen LogP) is 3.07. The van der Waals surface area contributed by atoms with E-state index in [4.69, 9.17) is 4.74 Å². The normalized spacial score (nSPS) is 20.0. The van der Waals surface area contributed by atoms with Gasteiger partial charge in [0.2, 0.25) is 17.7 Å². The lowest BCUT2D eigenvalue weighted by molar-refractivity contribution is -0.144. The van der Waals surface area contributed by atoms with E-state index in [0.717, 1.165) is 16.1 Å². The number of aromatic nitrogens is 1. The number of β-amino-alcohol motifs (C(OH)–C–C–N with tert-alkyl or cyclic N) is 1. The van der Waals surface area contributed by atoms with E-state index >= 15 is 0 Å². The highest BCUT2D eigenvalue weighted by molar-refractivity contribution is 7.13. The second-order valence-corrected chi connectivity index (χ2v) is 14.4. The van der Waals surface area contributed by atoms with Gasteiger partial charge in [-0.25, -0.2) is 4.98 Å². The number of nitrogens with zero attached hydrogens (tertiary/aromatic N) is 3. The molecule has 2 heterocycles. The Labute approximate surface area is 262 Å². The average Bonchev–Trinajstić information content (AvgIpc) is 3.48. The fraction of sp³-hybridized carbons (Fsp3) is 0.594. The van der Waals surface area contributed by atoms with Gasteiger partial charge in [-0.15, -0.1) is 11.3 Å². The van der Waals surface area contributed by atoms with Crippen LogP contribution in [0.4, 0.5) is 0 Å². The number of thiazole rings is 1. The first-order valence-electron chi connectivity index (χ1n) is 14.9. The Hall–Kier alpha value is -3.53. The maximum atomic E-state index is 13.8. The minimum Gasteiger partial charge on any atom is -0.487 e. The van der Waals surface area contributed by atoms with Gasteiger partial charge in [-0.05, 0) is 50.7 Å². The molecular weight excluding hydrogens is 582 g/mol. The predicted molar refractivity (Wildman–Crippen MR) is 165 cm³/mol. The lowest BCUT2D eigenvalue weighted by atomic mass is 9.85.